The zero-order valence-corrected chi connectivity index (χ0v) is 11.9. The molecule has 3 aromatic rings. The number of hydrogen-bond donors (Lipinski definition) is 1. The van der Waals surface area contributed by atoms with E-state index in [-0.39, 0.29) is 0 Å². The first-order valence-corrected chi connectivity index (χ1v) is 7.59. The molecule has 2 heterocycles. The quantitative estimate of drug-likeness (QED) is 0.739. The van der Waals surface area contributed by atoms with E-state index in [2.05, 4.69) is 48.4 Å². The number of aromatic nitrogens is 1. The Bertz CT molecular complexity index is 656. The minimum Gasteiger partial charge on any atom is -0.354 e. The molecule has 92 valence electrons. The summed E-state index contributed by atoms with van der Waals surface area (Å²) in [6.07, 6.45) is 1.83. The average molecular weight is 274 g/mol. The van der Waals surface area contributed by atoms with Crippen molar-refractivity contribution in [3.05, 3.63) is 46.3 Å². The molecule has 0 saturated heterocycles. The van der Waals surface area contributed by atoms with Crippen LogP contribution in [0, 0.1) is 6.92 Å². The zero-order valence-electron chi connectivity index (χ0n) is 10.3. The van der Waals surface area contributed by atoms with E-state index in [9.17, 15) is 0 Å². The number of hydrogen-bond acceptors (Lipinski definition) is 4. The van der Waals surface area contributed by atoms with Crippen LogP contribution in [0.25, 0.3) is 10.1 Å². The molecule has 2 nitrogen and oxygen atoms in total. The molecule has 0 aliphatic heterocycles. The van der Waals surface area contributed by atoms with Crippen LogP contribution in [0.1, 0.15) is 23.4 Å². The van der Waals surface area contributed by atoms with Crippen LogP contribution in [0.2, 0.25) is 0 Å². The second-order valence-corrected chi connectivity index (χ2v) is 6.27. The van der Waals surface area contributed by atoms with Crippen LogP contribution >= 0.6 is 22.7 Å². The molecule has 18 heavy (non-hydrogen) atoms. The summed E-state index contributed by atoms with van der Waals surface area (Å²) >= 11 is 3.51. The van der Waals surface area contributed by atoms with Crippen LogP contribution in [0.3, 0.4) is 0 Å². The van der Waals surface area contributed by atoms with Crippen molar-refractivity contribution in [3.8, 4) is 0 Å². The summed E-state index contributed by atoms with van der Waals surface area (Å²) in [6.45, 7) is 4.40. The number of rotatable bonds is 3. The minimum atomic E-state index is 0.300. The van der Waals surface area contributed by atoms with Gasteiger partial charge in [-0.05, 0) is 30.9 Å². The highest BCUT2D eigenvalue weighted by atomic mass is 32.1. The topological polar surface area (TPSA) is 24.9 Å². The van der Waals surface area contributed by atoms with Crippen LogP contribution in [0.15, 0.2) is 35.8 Å². The van der Waals surface area contributed by atoms with E-state index in [1.54, 1.807) is 11.3 Å². The van der Waals surface area contributed by atoms with Gasteiger partial charge in [0, 0.05) is 21.2 Å². The van der Waals surface area contributed by atoms with Crippen LogP contribution in [-0.4, -0.2) is 4.98 Å². The van der Waals surface area contributed by atoms with E-state index in [1.165, 1.54) is 20.5 Å². The van der Waals surface area contributed by atoms with Gasteiger partial charge >= 0.3 is 0 Å². The lowest BCUT2D eigenvalue weighted by Gasteiger charge is -2.12. The van der Waals surface area contributed by atoms with Crippen molar-refractivity contribution >= 4 is 37.9 Å². The predicted octanol–water partition coefficient (Wildman–Crippen LogP) is 4.84. The highest BCUT2D eigenvalue weighted by Crippen LogP contribution is 2.35. The molecule has 1 aromatic carbocycles. The minimum absolute atomic E-state index is 0.300. The molecule has 0 spiro atoms. The number of aryl methyl sites for hydroxylation is 1. The maximum atomic E-state index is 4.28. The Kier molecular flexibility index (Phi) is 3.06. The molecule has 0 fully saturated rings. The number of nitrogens with one attached hydrogen (secondary N) is 1. The Morgan fingerprint density at radius 1 is 1.28 bits per heavy atom. The fourth-order valence-corrected chi connectivity index (χ4v) is 3.98. The third-order valence-electron chi connectivity index (χ3n) is 3.05. The first-order valence-electron chi connectivity index (χ1n) is 5.90. The maximum absolute atomic E-state index is 4.28. The van der Waals surface area contributed by atoms with Gasteiger partial charge in [0.1, 0.15) is 0 Å². The van der Waals surface area contributed by atoms with Crippen LogP contribution in [0.4, 0.5) is 5.13 Å². The first-order chi connectivity index (χ1) is 8.75. The lowest BCUT2D eigenvalue weighted by atomic mass is 10.1. The lowest BCUT2D eigenvalue weighted by Crippen LogP contribution is -2.05. The Morgan fingerprint density at radius 3 is 2.83 bits per heavy atom. The smallest absolute Gasteiger partial charge is 0.183 e. The second-order valence-electron chi connectivity index (χ2n) is 4.29. The summed E-state index contributed by atoms with van der Waals surface area (Å²) in [6, 6.07) is 8.88. The number of thiazole rings is 1. The van der Waals surface area contributed by atoms with E-state index >= 15 is 0 Å². The normalized spacial score (nSPS) is 12.8. The molecule has 1 unspecified atom stereocenters. The summed E-state index contributed by atoms with van der Waals surface area (Å²) in [5.74, 6) is 0. The van der Waals surface area contributed by atoms with Crippen molar-refractivity contribution in [3.63, 3.8) is 0 Å². The van der Waals surface area contributed by atoms with Gasteiger partial charge in [0.05, 0.1) is 6.04 Å². The maximum Gasteiger partial charge on any atom is 0.183 e. The largest absolute Gasteiger partial charge is 0.354 e. The van der Waals surface area contributed by atoms with Gasteiger partial charge in [-0.3, -0.25) is 0 Å². The first kappa shape index (κ1) is 11.7. The average Bonchev–Trinajstić information content (AvgIpc) is 2.98. The third-order valence-corrected chi connectivity index (χ3v) is 5.21. The molecule has 4 heteroatoms. The summed E-state index contributed by atoms with van der Waals surface area (Å²) in [7, 11) is 0. The molecule has 0 radical (unpaired) electrons. The zero-order chi connectivity index (χ0) is 12.5. The van der Waals surface area contributed by atoms with Gasteiger partial charge in [-0.2, -0.15) is 0 Å². The van der Waals surface area contributed by atoms with Crippen LogP contribution < -0.4 is 5.32 Å². The van der Waals surface area contributed by atoms with E-state index in [0.29, 0.717) is 6.04 Å². The summed E-state index contributed by atoms with van der Waals surface area (Å²) < 4.78 is 1.36. The number of nitrogens with zero attached hydrogens (tertiary/aromatic N) is 1. The second kappa shape index (κ2) is 4.71. The van der Waals surface area contributed by atoms with Gasteiger partial charge in [0.25, 0.3) is 0 Å². The molecule has 0 bridgehead atoms. The fraction of sp³-hybridized carbons (Fsp3) is 0.214. The van der Waals surface area contributed by atoms with Crippen LogP contribution in [-0.2, 0) is 0 Å². The predicted molar refractivity (Wildman–Crippen MR) is 80.7 cm³/mol. The van der Waals surface area contributed by atoms with Crippen molar-refractivity contribution in [1.82, 2.24) is 4.98 Å². The third kappa shape index (κ3) is 2.02. The van der Waals surface area contributed by atoms with Crippen molar-refractivity contribution in [2.45, 2.75) is 19.9 Å². The number of benzene rings is 1. The monoisotopic (exact) mass is 274 g/mol. The molecule has 0 aliphatic rings. The van der Waals surface area contributed by atoms with Crippen molar-refractivity contribution in [1.29, 1.82) is 0 Å². The molecule has 2 aromatic heterocycles. The Labute approximate surface area is 114 Å². The van der Waals surface area contributed by atoms with Gasteiger partial charge in [-0.25, -0.2) is 4.98 Å². The van der Waals surface area contributed by atoms with Gasteiger partial charge in [0.2, 0.25) is 0 Å². The van der Waals surface area contributed by atoms with Gasteiger partial charge in [-0.15, -0.1) is 22.7 Å². The number of fused-ring (bicyclic) bond motifs is 1. The van der Waals surface area contributed by atoms with Crippen LogP contribution in [0.5, 0.6) is 0 Å². The molecule has 3 rings (SSSR count). The Morgan fingerprint density at radius 2 is 2.11 bits per heavy atom. The Balaban J connectivity index is 1.96. The standard InChI is InChI=1S/C14H14N2S2/c1-9-11-5-3-4-6-12(11)18-13(9)10(2)16-14-15-7-8-17-14/h3-8,10H,1-2H3,(H,15,16). The van der Waals surface area contributed by atoms with E-state index < -0.39 is 0 Å². The van der Waals surface area contributed by atoms with Crippen molar-refractivity contribution in [2.24, 2.45) is 0 Å². The SMILES string of the molecule is Cc1c(C(C)Nc2nccs2)sc2ccccc12. The molecule has 0 aliphatic carbocycles. The molecule has 0 amide bonds. The molecule has 0 saturated carbocycles. The highest BCUT2D eigenvalue weighted by molar-refractivity contribution is 7.19. The van der Waals surface area contributed by atoms with Gasteiger partial charge in [0.15, 0.2) is 5.13 Å². The Hall–Kier alpha value is -1.39. The van der Waals surface area contributed by atoms with Gasteiger partial charge in [-0.1, -0.05) is 18.2 Å². The number of thiophene rings is 1. The molecular weight excluding hydrogens is 260 g/mol. The van der Waals surface area contributed by atoms with E-state index in [4.69, 9.17) is 0 Å². The van der Waals surface area contributed by atoms with Crippen molar-refractivity contribution < 1.29 is 0 Å². The fourth-order valence-electron chi connectivity index (χ4n) is 2.15. The molecule has 1 N–H and O–H groups in total. The summed E-state index contributed by atoms with van der Waals surface area (Å²) in [5, 5.41) is 7.80. The molecule has 1 atom stereocenters. The highest BCUT2D eigenvalue weighted by Gasteiger charge is 2.14. The van der Waals surface area contributed by atoms with E-state index in [0.717, 1.165) is 5.13 Å². The van der Waals surface area contributed by atoms with Crippen molar-refractivity contribution in [2.75, 3.05) is 5.32 Å². The van der Waals surface area contributed by atoms with E-state index in [1.807, 2.05) is 22.9 Å². The number of anilines is 1. The summed E-state index contributed by atoms with van der Waals surface area (Å²) in [4.78, 5) is 5.67. The summed E-state index contributed by atoms with van der Waals surface area (Å²) in [5.41, 5.74) is 1.38. The van der Waals surface area contributed by atoms with Gasteiger partial charge < -0.3 is 5.32 Å². The lowest BCUT2D eigenvalue weighted by molar-refractivity contribution is 0.897. The molecular formula is C14H14N2S2.